The molecule has 2 aromatic carbocycles. The Morgan fingerprint density at radius 2 is 1.68 bits per heavy atom. The zero-order chi connectivity index (χ0) is 19.3. The number of ether oxygens (including phenoxy) is 1. The van der Waals surface area contributed by atoms with E-state index in [1.54, 1.807) is 0 Å². The number of fused-ring (bicyclic) bond motifs is 1. The van der Waals surface area contributed by atoms with Crippen molar-refractivity contribution in [1.29, 1.82) is 0 Å². The summed E-state index contributed by atoms with van der Waals surface area (Å²) in [5.41, 5.74) is 5.38. The van der Waals surface area contributed by atoms with Crippen molar-refractivity contribution in [3.05, 3.63) is 89.2 Å². The molecule has 0 radical (unpaired) electrons. The molecular weight excluding hydrogens is 344 g/mol. The fourth-order valence-corrected chi connectivity index (χ4v) is 4.27. The zero-order valence-corrected chi connectivity index (χ0v) is 17.0. The molecule has 0 spiro atoms. The van der Waals surface area contributed by atoms with Crippen molar-refractivity contribution in [2.24, 2.45) is 0 Å². The first-order valence-corrected chi connectivity index (χ1v) is 10.5. The van der Waals surface area contributed by atoms with Crippen molar-refractivity contribution in [1.82, 2.24) is 9.47 Å². The Labute approximate surface area is 168 Å². The molecule has 0 saturated heterocycles. The van der Waals surface area contributed by atoms with E-state index in [0.29, 0.717) is 6.61 Å². The van der Waals surface area contributed by atoms with E-state index in [-0.39, 0.29) is 6.04 Å². The minimum Gasteiger partial charge on any atom is -0.494 e. The first-order valence-electron chi connectivity index (χ1n) is 10.5. The van der Waals surface area contributed by atoms with Crippen LogP contribution >= 0.6 is 0 Å². The molecule has 3 nitrogen and oxygen atoms in total. The van der Waals surface area contributed by atoms with Gasteiger partial charge in [0.2, 0.25) is 0 Å². The van der Waals surface area contributed by atoms with Crippen molar-refractivity contribution in [2.75, 3.05) is 13.2 Å². The van der Waals surface area contributed by atoms with Crippen LogP contribution < -0.4 is 4.74 Å². The van der Waals surface area contributed by atoms with Gasteiger partial charge in [-0.3, -0.25) is 4.90 Å². The van der Waals surface area contributed by atoms with Crippen LogP contribution in [0.5, 0.6) is 5.75 Å². The molecule has 1 atom stereocenters. The Bertz CT molecular complexity index is 897. The van der Waals surface area contributed by atoms with Crippen LogP contribution in [0.1, 0.15) is 48.7 Å². The van der Waals surface area contributed by atoms with Gasteiger partial charge in [-0.25, -0.2) is 0 Å². The lowest BCUT2D eigenvalue weighted by atomic mass is 9.99. The molecule has 1 unspecified atom stereocenters. The summed E-state index contributed by atoms with van der Waals surface area (Å²) in [6.07, 6.45) is 4.45. The quantitative estimate of drug-likeness (QED) is 0.571. The third kappa shape index (κ3) is 3.85. The van der Waals surface area contributed by atoms with Crippen LogP contribution in [0.25, 0.3) is 0 Å². The van der Waals surface area contributed by atoms with Crippen LogP contribution in [0.4, 0.5) is 0 Å². The first-order chi connectivity index (χ1) is 13.8. The Hall–Kier alpha value is -2.52. The SMILES string of the molecule is CCOc1ccccc1C1c2cccn2CCCN1Cc1ccc(CC)cc1. The molecule has 1 aliphatic rings. The topological polar surface area (TPSA) is 17.4 Å². The minimum absolute atomic E-state index is 0.200. The summed E-state index contributed by atoms with van der Waals surface area (Å²) in [6.45, 7) is 8.03. The van der Waals surface area contributed by atoms with E-state index in [1.807, 2.05) is 0 Å². The molecule has 0 aliphatic carbocycles. The van der Waals surface area contributed by atoms with E-state index in [1.165, 1.54) is 22.4 Å². The van der Waals surface area contributed by atoms with Crippen LogP contribution in [0, 0.1) is 0 Å². The van der Waals surface area contributed by atoms with Crippen molar-refractivity contribution in [3.63, 3.8) is 0 Å². The van der Waals surface area contributed by atoms with Gasteiger partial charge in [-0.2, -0.15) is 0 Å². The van der Waals surface area contributed by atoms with Crippen LogP contribution in [0.2, 0.25) is 0 Å². The van der Waals surface area contributed by atoms with E-state index in [4.69, 9.17) is 4.74 Å². The number of aryl methyl sites for hydroxylation is 2. The average Bonchev–Trinajstić information content (AvgIpc) is 3.11. The number of rotatable bonds is 6. The molecule has 0 saturated carbocycles. The molecule has 0 fully saturated rings. The maximum atomic E-state index is 6.02. The third-order valence-corrected chi connectivity index (χ3v) is 5.68. The van der Waals surface area contributed by atoms with Gasteiger partial charge in [0.15, 0.2) is 0 Å². The van der Waals surface area contributed by atoms with Gasteiger partial charge >= 0.3 is 0 Å². The highest BCUT2D eigenvalue weighted by Gasteiger charge is 2.29. The van der Waals surface area contributed by atoms with Gasteiger partial charge in [-0.15, -0.1) is 0 Å². The second-order valence-corrected chi connectivity index (χ2v) is 7.49. The number of hydrogen-bond donors (Lipinski definition) is 0. The van der Waals surface area contributed by atoms with Crippen molar-refractivity contribution < 1.29 is 4.74 Å². The highest BCUT2D eigenvalue weighted by Crippen LogP contribution is 2.37. The van der Waals surface area contributed by atoms with Gasteiger partial charge in [0.1, 0.15) is 5.75 Å². The van der Waals surface area contributed by atoms with E-state index in [2.05, 4.69) is 90.2 Å². The van der Waals surface area contributed by atoms with Gasteiger partial charge in [0.05, 0.1) is 12.6 Å². The van der Waals surface area contributed by atoms with E-state index in [0.717, 1.165) is 38.2 Å². The highest BCUT2D eigenvalue weighted by molar-refractivity contribution is 5.41. The number of hydrogen-bond acceptors (Lipinski definition) is 2. The molecule has 3 heteroatoms. The normalized spacial score (nSPS) is 17.1. The molecule has 28 heavy (non-hydrogen) atoms. The standard InChI is InChI=1S/C25H30N2O/c1-3-20-12-14-21(15-13-20)19-27-18-8-17-26-16-7-10-23(26)25(27)22-9-5-6-11-24(22)28-4-2/h5-7,9-16,25H,3-4,8,17-19H2,1-2H3. The predicted molar refractivity (Wildman–Crippen MR) is 115 cm³/mol. The second-order valence-electron chi connectivity index (χ2n) is 7.49. The highest BCUT2D eigenvalue weighted by atomic mass is 16.5. The zero-order valence-electron chi connectivity index (χ0n) is 17.0. The molecule has 0 N–H and O–H groups in total. The minimum atomic E-state index is 0.200. The molecule has 146 valence electrons. The second kappa shape index (κ2) is 8.66. The molecule has 3 aromatic rings. The van der Waals surface area contributed by atoms with Crippen LogP contribution in [0.15, 0.2) is 66.9 Å². The Balaban J connectivity index is 1.73. The number of para-hydroxylation sites is 1. The fourth-order valence-electron chi connectivity index (χ4n) is 4.27. The Morgan fingerprint density at radius 1 is 0.893 bits per heavy atom. The van der Waals surface area contributed by atoms with Crippen molar-refractivity contribution in [2.45, 2.75) is 45.8 Å². The Morgan fingerprint density at radius 3 is 2.46 bits per heavy atom. The summed E-state index contributed by atoms with van der Waals surface area (Å²) in [7, 11) is 0. The van der Waals surface area contributed by atoms with Gasteiger partial charge in [-0.1, -0.05) is 49.4 Å². The predicted octanol–water partition coefficient (Wildman–Crippen LogP) is 5.44. The first kappa shape index (κ1) is 18.8. The summed E-state index contributed by atoms with van der Waals surface area (Å²) < 4.78 is 8.43. The summed E-state index contributed by atoms with van der Waals surface area (Å²) in [6, 6.07) is 22.3. The smallest absolute Gasteiger partial charge is 0.124 e. The monoisotopic (exact) mass is 374 g/mol. The van der Waals surface area contributed by atoms with Gasteiger partial charge in [-0.05, 0) is 49.1 Å². The van der Waals surface area contributed by atoms with E-state index >= 15 is 0 Å². The lowest BCUT2D eigenvalue weighted by Gasteiger charge is -2.31. The van der Waals surface area contributed by atoms with Gasteiger partial charge in [0, 0.05) is 37.1 Å². The molecule has 0 amide bonds. The third-order valence-electron chi connectivity index (χ3n) is 5.68. The number of aromatic nitrogens is 1. The lowest BCUT2D eigenvalue weighted by Crippen LogP contribution is -2.29. The fraction of sp³-hybridized carbons (Fsp3) is 0.360. The molecule has 2 heterocycles. The van der Waals surface area contributed by atoms with Crippen molar-refractivity contribution >= 4 is 0 Å². The van der Waals surface area contributed by atoms with Gasteiger partial charge in [0.25, 0.3) is 0 Å². The summed E-state index contributed by atoms with van der Waals surface area (Å²) in [5, 5.41) is 0. The molecular formula is C25H30N2O. The van der Waals surface area contributed by atoms with E-state index in [9.17, 15) is 0 Å². The van der Waals surface area contributed by atoms with Crippen LogP contribution in [0.3, 0.4) is 0 Å². The van der Waals surface area contributed by atoms with Crippen LogP contribution in [-0.4, -0.2) is 22.6 Å². The summed E-state index contributed by atoms with van der Waals surface area (Å²) in [4.78, 5) is 2.61. The maximum absolute atomic E-state index is 6.02. The molecule has 1 aromatic heterocycles. The largest absolute Gasteiger partial charge is 0.494 e. The summed E-state index contributed by atoms with van der Waals surface area (Å²) >= 11 is 0. The van der Waals surface area contributed by atoms with Crippen molar-refractivity contribution in [3.8, 4) is 5.75 Å². The molecule has 4 rings (SSSR count). The van der Waals surface area contributed by atoms with Gasteiger partial charge < -0.3 is 9.30 Å². The molecule has 0 bridgehead atoms. The van der Waals surface area contributed by atoms with Crippen LogP contribution in [-0.2, 0) is 19.5 Å². The summed E-state index contributed by atoms with van der Waals surface area (Å²) in [5.74, 6) is 0.996. The number of benzene rings is 2. The Kier molecular flexibility index (Phi) is 5.82. The maximum Gasteiger partial charge on any atom is 0.124 e. The van der Waals surface area contributed by atoms with E-state index < -0.39 is 0 Å². The molecule has 1 aliphatic heterocycles. The average molecular weight is 375 g/mol. The number of nitrogens with zero attached hydrogens (tertiary/aromatic N) is 2. The lowest BCUT2D eigenvalue weighted by molar-refractivity contribution is 0.214.